The van der Waals surface area contributed by atoms with E-state index in [1.54, 1.807) is 19.5 Å². The Kier molecular flexibility index (Phi) is 5.61. The molecule has 2 aromatic carbocycles. The smallest absolute Gasteiger partial charge is 0.161 e. The third-order valence-corrected chi connectivity index (χ3v) is 3.48. The van der Waals surface area contributed by atoms with Crippen LogP contribution in [0.15, 0.2) is 78.0 Å². The standard InChI is InChI=1S/C20H19N3O2/c1-24-19-13-17(14-22-23-20-9-5-6-12-21-20)10-11-18(19)25-15-16-7-3-2-4-8-16/h2-14H,15H2,1H3,(H,21,23)/b22-14-. The Balaban J connectivity index is 1.64. The average molecular weight is 333 g/mol. The molecule has 0 saturated carbocycles. The highest BCUT2D eigenvalue weighted by atomic mass is 16.5. The van der Waals surface area contributed by atoms with Crippen LogP contribution in [0, 0.1) is 0 Å². The number of ether oxygens (including phenoxy) is 2. The minimum atomic E-state index is 0.492. The summed E-state index contributed by atoms with van der Waals surface area (Å²) in [5, 5.41) is 4.18. The molecule has 5 nitrogen and oxygen atoms in total. The van der Waals surface area contributed by atoms with Gasteiger partial charge >= 0.3 is 0 Å². The van der Waals surface area contributed by atoms with Crippen molar-refractivity contribution in [2.75, 3.05) is 12.5 Å². The second kappa shape index (κ2) is 8.49. The summed E-state index contributed by atoms with van der Waals surface area (Å²) in [4.78, 5) is 4.14. The number of hydrogen-bond donors (Lipinski definition) is 1. The quantitative estimate of drug-likeness (QED) is 0.522. The van der Waals surface area contributed by atoms with Gasteiger partial charge in [-0.2, -0.15) is 5.10 Å². The molecule has 0 unspecified atom stereocenters. The van der Waals surface area contributed by atoms with E-state index in [1.165, 1.54) is 0 Å². The van der Waals surface area contributed by atoms with E-state index in [-0.39, 0.29) is 0 Å². The first-order chi connectivity index (χ1) is 12.3. The third-order valence-electron chi connectivity index (χ3n) is 3.48. The second-order valence-electron chi connectivity index (χ2n) is 5.27. The van der Waals surface area contributed by atoms with Crippen molar-refractivity contribution < 1.29 is 9.47 Å². The Morgan fingerprint density at radius 3 is 2.60 bits per heavy atom. The first-order valence-electron chi connectivity index (χ1n) is 7.90. The molecule has 0 fully saturated rings. The molecule has 1 N–H and O–H groups in total. The second-order valence-corrected chi connectivity index (χ2v) is 5.27. The van der Waals surface area contributed by atoms with Crippen molar-refractivity contribution in [1.82, 2.24) is 4.98 Å². The van der Waals surface area contributed by atoms with Gasteiger partial charge in [0.2, 0.25) is 0 Å². The zero-order valence-electron chi connectivity index (χ0n) is 13.9. The Hall–Kier alpha value is -3.34. The molecule has 0 aliphatic heterocycles. The molecule has 0 atom stereocenters. The lowest BCUT2D eigenvalue weighted by atomic mass is 10.2. The van der Waals surface area contributed by atoms with E-state index in [4.69, 9.17) is 9.47 Å². The molecular weight excluding hydrogens is 314 g/mol. The largest absolute Gasteiger partial charge is 0.493 e. The molecule has 0 aliphatic rings. The molecule has 5 heteroatoms. The van der Waals surface area contributed by atoms with Crippen molar-refractivity contribution in [3.8, 4) is 11.5 Å². The van der Waals surface area contributed by atoms with Gasteiger partial charge in [0.15, 0.2) is 11.5 Å². The van der Waals surface area contributed by atoms with Crippen LogP contribution in [0.1, 0.15) is 11.1 Å². The molecule has 0 aliphatic carbocycles. The lowest BCUT2D eigenvalue weighted by Gasteiger charge is -2.11. The minimum absolute atomic E-state index is 0.492. The van der Waals surface area contributed by atoms with Gasteiger partial charge in [0.05, 0.1) is 13.3 Å². The molecule has 0 radical (unpaired) electrons. The fraction of sp³-hybridized carbons (Fsp3) is 0.100. The molecule has 1 heterocycles. The van der Waals surface area contributed by atoms with Crippen LogP contribution in [0.5, 0.6) is 11.5 Å². The van der Waals surface area contributed by atoms with Gasteiger partial charge in [-0.1, -0.05) is 36.4 Å². The monoisotopic (exact) mass is 333 g/mol. The highest BCUT2D eigenvalue weighted by Crippen LogP contribution is 2.28. The van der Waals surface area contributed by atoms with E-state index in [1.807, 2.05) is 66.7 Å². The summed E-state index contributed by atoms with van der Waals surface area (Å²) in [6.07, 6.45) is 3.41. The number of hydrazone groups is 1. The maximum atomic E-state index is 5.85. The summed E-state index contributed by atoms with van der Waals surface area (Å²) in [6.45, 7) is 0.492. The number of nitrogens with one attached hydrogen (secondary N) is 1. The van der Waals surface area contributed by atoms with Crippen molar-refractivity contribution >= 4 is 12.0 Å². The molecule has 0 amide bonds. The Bertz CT molecular complexity index is 821. The Morgan fingerprint density at radius 1 is 1.00 bits per heavy atom. The lowest BCUT2D eigenvalue weighted by Crippen LogP contribution is -1.98. The fourth-order valence-corrected chi connectivity index (χ4v) is 2.22. The van der Waals surface area contributed by atoms with Crippen LogP contribution in [0.2, 0.25) is 0 Å². The lowest BCUT2D eigenvalue weighted by molar-refractivity contribution is 0.284. The zero-order chi connectivity index (χ0) is 17.3. The molecular formula is C20H19N3O2. The number of hydrogen-bond acceptors (Lipinski definition) is 5. The van der Waals surface area contributed by atoms with Crippen molar-refractivity contribution in [1.29, 1.82) is 0 Å². The summed E-state index contributed by atoms with van der Waals surface area (Å²) in [5.41, 5.74) is 4.88. The first kappa shape index (κ1) is 16.5. The molecule has 0 spiro atoms. The highest BCUT2D eigenvalue weighted by Gasteiger charge is 2.05. The van der Waals surface area contributed by atoms with Crippen LogP contribution in [0.3, 0.4) is 0 Å². The summed E-state index contributed by atoms with van der Waals surface area (Å²) in [6, 6.07) is 21.3. The normalized spacial score (nSPS) is 10.6. The van der Waals surface area contributed by atoms with Gasteiger partial charge in [0.25, 0.3) is 0 Å². The predicted octanol–water partition coefficient (Wildman–Crippen LogP) is 4.12. The van der Waals surface area contributed by atoms with Gasteiger partial charge in [-0.3, -0.25) is 5.43 Å². The summed E-state index contributed by atoms with van der Waals surface area (Å²) in [5.74, 6) is 2.05. The maximum Gasteiger partial charge on any atom is 0.161 e. The van der Waals surface area contributed by atoms with Crippen molar-refractivity contribution in [3.63, 3.8) is 0 Å². The number of nitrogens with zero attached hydrogens (tertiary/aromatic N) is 2. The van der Waals surface area contributed by atoms with E-state index in [0.717, 1.165) is 11.1 Å². The van der Waals surface area contributed by atoms with Crippen LogP contribution < -0.4 is 14.9 Å². The zero-order valence-corrected chi connectivity index (χ0v) is 13.9. The Labute approximate surface area is 147 Å². The number of anilines is 1. The topological polar surface area (TPSA) is 55.7 Å². The van der Waals surface area contributed by atoms with E-state index in [2.05, 4.69) is 15.5 Å². The molecule has 25 heavy (non-hydrogen) atoms. The molecule has 0 bridgehead atoms. The molecule has 1 aromatic heterocycles. The number of benzene rings is 2. The summed E-state index contributed by atoms with van der Waals surface area (Å²) >= 11 is 0. The summed E-state index contributed by atoms with van der Waals surface area (Å²) < 4.78 is 11.3. The summed E-state index contributed by atoms with van der Waals surface area (Å²) in [7, 11) is 1.62. The molecule has 3 aromatic rings. The van der Waals surface area contributed by atoms with Gasteiger partial charge in [0, 0.05) is 6.20 Å². The molecule has 126 valence electrons. The number of aromatic nitrogens is 1. The van der Waals surface area contributed by atoms with Gasteiger partial charge in [-0.05, 0) is 41.5 Å². The van der Waals surface area contributed by atoms with Crippen molar-refractivity contribution in [3.05, 3.63) is 84.1 Å². The van der Waals surface area contributed by atoms with Gasteiger partial charge in [-0.15, -0.1) is 0 Å². The maximum absolute atomic E-state index is 5.85. The van der Waals surface area contributed by atoms with E-state index in [9.17, 15) is 0 Å². The van der Waals surface area contributed by atoms with Crippen LogP contribution in [-0.2, 0) is 6.61 Å². The Morgan fingerprint density at radius 2 is 1.84 bits per heavy atom. The van der Waals surface area contributed by atoms with E-state index >= 15 is 0 Å². The van der Waals surface area contributed by atoms with Crippen LogP contribution in [-0.4, -0.2) is 18.3 Å². The number of pyridine rings is 1. The minimum Gasteiger partial charge on any atom is -0.493 e. The van der Waals surface area contributed by atoms with Crippen LogP contribution >= 0.6 is 0 Å². The van der Waals surface area contributed by atoms with E-state index in [0.29, 0.717) is 23.9 Å². The highest BCUT2D eigenvalue weighted by molar-refractivity contribution is 5.81. The van der Waals surface area contributed by atoms with Crippen molar-refractivity contribution in [2.45, 2.75) is 6.61 Å². The molecule has 3 rings (SSSR count). The van der Waals surface area contributed by atoms with Gasteiger partial charge in [0.1, 0.15) is 12.4 Å². The first-order valence-corrected chi connectivity index (χ1v) is 7.90. The fourth-order valence-electron chi connectivity index (χ4n) is 2.22. The van der Waals surface area contributed by atoms with E-state index < -0.39 is 0 Å². The van der Waals surface area contributed by atoms with Crippen LogP contribution in [0.25, 0.3) is 0 Å². The van der Waals surface area contributed by atoms with Gasteiger partial charge < -0.3 is 9.47 Å². The SMILES string of the molecule is COc1cc(/C=N\Nc2ccccn2)ccc1OCc1ccccc1. The third kappa shape index (κ3) is 4.81. The van der Waals surface area contributed by atoms with Gasteiger partial charge in [-0.25, -0.2) is 4.98 Å². The predicted molar refractivity (Wildman–Crippen MR) is 99.2 cm³/mol. The number of rotatable bonds is 7. The average Bonchev–Trinajstić information content (AvgIpc) is 2.68. The molecule has 0 saturated heterocycles. The number of methoxy groups -OCH3 is 1. The van der Waals surface area contributed by atoms with Crippen molar-refractivity contribution in [2.24, 2.45) is 5.10 Å². The van der Waals surface area contributed by atoms with Crippen LogP contribution in [0.4, 0.5) is 5.82 Å².